The SMILES string of the molecule is Cc1nn(C)cc1CN1CCCC(c2nnsc2S(C)(=O)=O)C1. The van der Waals surface area contributed by atoms with Crippen molar-refractivity contribution < 1.29 is 8.42 Å². The zero-order valence-corrected chi connectivity index (χ0v) is 15.2. The molecule has 0 spiro atoms. The predicted octanol–water partition coefficient (Wildman–Crippen LogP) is 1.36. The van der Waals surface area contributed by atoms with Gasteiger partial charge in [0.15, 0.2) is 14.0 Å². The van der Waals surface area contributed by atoms with E-state index in [0.29, 0.717) is 9.90 Å². The van der Waals surface area contributed by atoms with E-state index in [-0.39, 0.29) is 5.92 Å². The number of rotatable bonds is 4. The monoisotopic (exact) mass is 355 g/mol. The Kier molecular flexibility index (Phi) is 4.52. The molecule has 126 valence electrons. The quantitative estimate of drug-likeness (QED) is 0.824. The van der Waals surface area contributed by atoms with Gasteiger partial charge in [0.25, 0.3) is 0 Å². The Morgan fingerprint density at radius 1 is 1.43 bits per heavy atom. The van der Waals surface area contributed by atoms with Crippen LogP contribution in [0.2, 0.25) is 0 Å². The zero-order valence-electron chi connectivity index (χ0n) is 13.6. The lowest BCUT2D eigenvalue weighted by Gasteiger charge is -2.31. The molecule has 7 nitrogen and oxygen atoms in total. The first-order valence-electron chi connectivity index (χ1n) is 7.58. The van der Waals surface area contributed by atoms with Crippen LogP contribution in [0.5, 0.6) is 0 Å². The van der Waals surface area contributed by atoms with Crippen LogP contribution < -0.4 is 0 Å². The molecule has 1 aliphatic rings. The van der Waals surface area contributed by atoms with E-state index in [1.165, 1.54) is 11.8 Å². The van der Waals surface area contributed by atoms with Crippen molar-refractivity contribution in [2.75, 3.05) is 19.3 Å². The van der Waals surface area contributed by atoms with Crippen molar-refractivity contribution >= 4 is 21.4 Å². The van der Waals surface area contributed by atoms with E-state index >= 15 is 0 Å². The molecule has 0 aromatic carbocycles. The molecular weight excluding hydrogens is 334 g/mol. The van der Waals surface area contributed by atoms with Gasteiger partial charge in [0.05, 0.1) is 11.4 Å². The molecule has 1 atom stereocenters. The number of likely N-dealkylation sites (tertiary alicyclic amines) is 1. The van der Waals surface area contributed by atoms with Gasteiger partial charge in [0.1, 0.15) is 0 Å². The van der Waals surface area contributed by atoms with Crippen LogP contribution in [0.4, 0.5) is 0 Å². The van der Waals surface area contributed by atoms with Gasteiger partial charge >= 0.3 is 0 Å². The highest BCUT2D eigenvalue weighted by atomic mass is 32.2. The van der Waals surface area contributed by atoms with Gasteiger partial charge < -0.3 is 0 Å². The summed E-state index contributed by atoms with van der Waals surface area (Å²) in [6.07, 6.45) is 5.26. The third-order valence-electron chi connectivity index (χ3n) is 4.22. The highest BCUT2D eigenvalue weighted by Gasteiger charge is 2.29. The number of hydrogen-bond donors (Lipinski definition) is 0. The Labute approximate surface area is 140 Å². The third-order valence-corrected chi connectivity index (χ3v) is 6.77. The van der Waals surface area contributed by atoms with E-state index < -0.39 is 9.84 Å². The Morgan fingerprint density at radius 2 is 2.22 bits per heavy atom. The fourth-order valence-corrected chi connectivity index (χ4v) is 4.90. The maximum atomic E-state index is 11.9. The lowest BCUT2D eigenvalue weighted by Crippen LogP contribution is -2.34. The minimum Gasteiger partial charge on any atom is -0.298 e. The smallest absolute Gasteiger partial charge is 0.188 e. The molecule has 1 fully saturated rings. The molecule has 23 heavy (non-hydrogen) atoms. The van der Waals surface area contributed by atoms with Crippen LogP contribution in [0.15, 0.2) is 10.4 Å². The van der Waals surface area contributed by atoms with E-state index in [9.17, 15) is 8.42 Å². The Morgan fingerprint density at radius 3 is 2.87 bits per heavy atom. The lowest BCUT2D eigenvalue weighted by molar-refractivity contribution is 0.197. The average molecular weight is 355 g/mol. The molecule has 3 rings (SSSR count). The fourth-order valence-electron chi connectivity index (χ4n) is 3.16. The maximum absolute atomic E-state index is 11.9. The number of nitrogens with zero attached hydrogens (tertiary/aromatic N) is 5. The highest BCUT2D eigenvalue weighted by Crippen LogP contribution is 2.32. The van der Waals surface area contributed by atoms with Crippen molar-refractivity contribution in [3.05, 3.63) is 23.1 Å². The van der Waals surface area contributed by atoms with Gasteiger partial charge in [0, 0.05) is 55.6 Å². The van der Waals surface area contributed by atoms with E-state index in [1.54, 1.807) is 0 Å². The minimum atomic E-state index is -3.26. The third kappa shape index (κ3) is 3.61. The van der Waals surface area contributed by atoms with Gasteiger partial charge in [-0.2, -0.15) is 5.10 Å². The van der Waals surface area contributed by atoms with Crippen molar-refractivity contribution in [3.63, 3.8) is 0 Å². The molecule has 1 unspecified atom stereocenters. The Balaban J connectivity index is 1.77. The first-order valence-corrected chi connectivity index (χ1v) is 10.2. The lowest BCUT2D eigenvalue weighted by atomic mass is 9.95. The van der Waals surface area contributed by atoms with Gasteiger partial charge in [-0.1, -0.05) is 4.49 Å². The summed E-state index contributed by atoms with van der Waals surface area (Å²) in [5, 5.41) is 8.50. The summed E-state index contributed by atoms with van der Waals surface area (Å²) in [6, 6.07) is 0. The average Bonchev–Trinajstić information content (AvgIpc) is 3.06. The summed E-state index contributed by atoms with van der Waals surface area (Å²) >= 11 is 0.980. The van der Waals surface area contributed by atoms with Gasteiger partial charge in [-0.05, 0) is 26.3 Å². The Hall–Kier alpha value is -1.32. The van der Waals surface area contributed by atoms with E-state index in [0.717, 1.165) is 49.7 Å². The first kappa shape index (κ1) is 16.5. The summed E-state index contributed by atoms with van der Waals surface area (Å²) in [6.45, 7) is 4.67. The van der Waals surface area contributed by atoms with Crippen molar-refractivity contribution in [2.24, 2.45) is 7.05 Å². The molecule has 1 aliphatic heterocycles. The second kappa shape index (κ2) is 6.29. The van der Waals surface area contributed by atoms with E-state index in [1.807, 2.05) is 24.9 Å². The van der Waals surface area contributed by atoms with Gasteiger partial charge in [0.2, 0.25) is 0 Å². The van der Waals surface area contributed by atoms with Crippen molar-refractivity contribution in [1.29, 1.82) is 0 Å². The van der Waals surface area contributed by atoms with Crippen molar-refractivity contribution in [2.45, 2.75) is 36.4 Å². The molecule has 3 heterocycles. The maximum Gasteiger partial charge on any atom is 0.188 e. The molecule has 0 N–H and O–H groups in total. The number of sulfone groups is 1. The molecule has 0 aliphatic carbocycles. The van der Waals surface area contributed by atoms with Gasteiger partial charge in [-0.25, -0.2) is 8.42 Å². The number of piperidine rings is 1. The molecular formula is C14H21N5O2S2. The van der Waals surface area contributed by atoms with Crippen LogP contribution in [0.3, 0.4) is 0 Å². The van der Waals surface area contributed by atoms with Crippen LogP contribution in [0.1, 0.15) is 35.7 Å². The topological polar surface area (TPSA) is 81.0 Å². The summed E-state index contributed by atoms with van der Waals surface area (Å²) in [5.74, 6) is 0.129. The minimum absolute atomic E-state index is 0.129. The molecule has 0 saturated carbocycles. The Bertz CT molecular complexity index is 796. The molecule has 1 saturated heterocycles. The van der Waals surface area contributed by atoms with E-state index in [4.69, 9.17) is 0 Å². The number of aryl methyl sites for hydroxylation is 2. The molecule has 0 radical (unpaired) electrons. The summed E-state index contributed by atoms with van der Waals surface area (Å²) in [7, 11) is -1.33. The first-order chi connectivity index (χ1) is 10.8. The molecule has 0 bridgehead atoms. The number of aromatic nitrogens is 4. The van der Waals surface area contributed by atoms with Crippen molar-refractivity contribution in [1.82, 2.24) is 24.3 Å². The molecule has 9 heteroatoms. The van der Waals surface area contributed by atoms with Crippen LogP contribution in [-0.2, 0) is 23.4 Å². The van der Waals surface area contributed by atoms with Crippen LogP contribution in [-0.4, -0.2) is 52.0 Å². The predicted molar refractivity (Wildman–Crippen MR) is 88.2 cm³/mol. The van der Waals surface area contributed by atoms with Crippen LogP contribution in [0.25, 0.3) is 0 Å². The van der Waals surface area contributed by atoms with Crippen molar-refractivity contribution in [3.8, 4) is 0 Å². The zero-order chi connectivity index (χ0) is 16.6. The van der Waals surface area contributed by atoms with Crippen LogP contribution in [0, 0.1) is 6.92 Å². The second-order valence-electron chi connectivity index (χ2n) is 6.21. The summed E-state index contributed by atoms with van der Waals surface area (Å²) in [4.78, 5) is 2.35. The molecule has 0 amide bonds. The molecule has 2 aromatic heterocycles. The molecule has 2 aromatic rings. The normalized spacial score (nSPS) is 20.0. The van der Waals surface area contributed by atoms with Gasteiger partial charge in [-0.15, -0.1) is 5.10 Å². The second-order valence-corrected chi connectivity index (χ2v) is 9.17. The van der Waals surface area contributed by atoms with Crippen LogP contribution >= 0.6 is 11.5 Å². The summed E-state index contributed by atoms with van der Waals surface area (Å²) < 4.78 is 29.8. The largest absolute Gasteiger partial charge is 0.298 e. The summed E-state index contributed by atoms with van der Waals surface area (Å²) in [5.41, 5.74) is 2.90. The fraction of sp³-hybridized carbons (Fsp3) is 0.643. The number of hydrogen-bond acceptors (Lipinski definition) is 7. The highest BCUT2D eigenvalue weighted by molar-refractivity contribution is 7.92. The van der Waals surface area contributed by atoms with Gasteiger partial charge in [-0.3, -0.25) is 9.58 Å². The standard InChI is InChI=1S/C14H21N5O2S2/c1-10-12(7-18(2)16-10)9-19-6-4-5-11(8-19)13-14(22-17-15-13)23(3,20)21/h7,11H,4-6,8-9H2,1-3H3. The van der Waals surface area contributed by atoms with E-state index in [2.05, 4.69) is 19.6 Å².